The summed E-state index contributed by atoms with van der Waals surface area (Å²) in [7, 11) is 0. The molecule has 4 rings (SSSR count). The zero-order chi connectivity index (χ0) is 20.2. The van der Waals surface area contributed by atoms with E-state index in [1.807, 2.05) is 31.3 Å². The summed E-state index contributed by atoms with van der Waals surface area (Å²) in [5.74, 6) is 0.790. The van der Waals surface area contributed by atoms with Crippen LogP contribution in [0.1, 0.15) is 25.5 Å². The first-order valence-corrected chi connectivity index (χ1v) is 9.87. The first-order chi connectivity index (χ1) is 14.1. The van der Waals surface area contributed by atoms with Crippen LogP contribution in [-0.4, -0.2) is 54.3 Å². The Kier molecular flexibility index (Phi) is 5.55. The van der Waals surface area contributed by atoms with E-state index in [-0.39, 0.29) is 18.6 Å². The number of fused-ring (bicyclic) bond motifs is 1. The molecule has 1 aromatic carbocycles. The maximum atomic E-state index is 12.7. The van der Waals surface area contributed by atoms with Gasteiger partial charge in [-0.2, -0.15) is 0 Å². The number of ether oxygens (including phenoxy) is 2. The van der Waals surface area contributed by atoms with Gasteiger partial charge in [0.1, 0.15) is 19.0 Å². The summed E-state index contributed by atoms with van der Waals surface area (Å²) in [4.78, 5) is 35.0. The highest BCUT2D eigenvalue weighted by atomic mass is 16.6. The number of amides is 2. The fourth-order valence-electron chi connectivity index (χ4n) is 3.64. The van der Waals surface area contributed by atoms with Crippen molar-refractivity contribution in [1.82, 2.24) is 15.3 Å². The van der Waals surface area contributed by atoms with Crippen molar-refractivity contribution in [3.63, 3.8) is 0 Å². The molecule has 0 bridgehead atoms. The first kappa shape index (κ1) is 19.1. The van der Waals surface area contributed by atoms with E-state index < -0.39 is 6.09 Å². The Morgan fingerprint density at radius 2 is 2.34 bits per heavy atom. The molecule has 1 aromatic heterocycles. The molecule has 9 heteroatoms. The van der Waals surface area contributed by atoms with Gasteiger partial charge in [0.2, 0.25) is 5.91 Å². The van der Waals surface area contributed by atoms with Gasteiger partial charge in [0.05, 0.1) is 36.8 Å². The Bertz CT molecular complexity index is 870. The van der Waals surface area contributed by atoms with Gasteiger partial charge in [0, 0.05) is 24.8 Å². The molecule has 0 saturated carbocycles. The van der Waals surface area contributed by atoms with Crippen LogP contribution in [0.3, 0.4) is 0 Å². The molecular formula is C20H25N5O4. The van der Waals surface area contributed by atoms with Crippen molar-refractivity contribution in [2.75, 3.05) is 36.1 Å². The fourth-order valence-corrected chi connectivity index (χ4v) is 3.64. The Hall–Kier alpha value is -3.23. The summed E-state index contributed by atoms with van der Waals surface area (Å²) < 4.78 is 11.2. The number of nitrogens with one attached hydrogen (secondary N) is 2. The van der Waals surface area contributed by atoms with E-state index in [4.69, 9.17) is 9.47 Å². The molecule has 29 heavy (non-hydrogen) atoms. The first-order valence-electron chi connectivity index (χ1n) is 9.87. The quantitative estimate of drug-likeness (QED) is 0.771. The predicted octanol–water partition coefficient (Wildman–Crippen LogP) is 2.05. The zero-order valence-electron chi connectivity index (χ0n) is 16.4. The Morgan fingerprint density at radius 3 is 3.07 bits per heavy atom. The van der Waals surface area contributed by atoms with Crippen LogP contribution in [-0.2, 0) is 16.1 Å². The number of nitrogens with zero attached hydrogens (tertiary/aromatic N) is 3. The molecule has 2 amide bonds. The van der Waals surface area contributed by atoms with E-state index in [0.29, 0.717) is 32.5 Å². The minimum atomic E-state index is -0.427. The molecule has 1 fully saturated rings. The van der Waals surface area contributed by atoms with Gasteiger partial charge in [0.25, 0.3) is 0 Å². The number of rotatable bonds is 6. The summed E-state index contributed by atoms with van der Waals surface area (Å²) in [6.07, 6.45) is 4.28. The van der Waals surface area contributed by atoms with Crippen LogP contribution < -0.4 is 19.9 Å². The number of aromatic amines is 1. The van der Waals surface area contributed by atoms with Crippen LogP contribution in [0.25, 0.3) is 0 Å². The third-order valence-electron chi connectivity index (χ3n) is 5.15. The number of imidazole rings is 1. The average Bonchev–Trinajstić information content (AvgIpc) is 3.39. The van der Waals surface area contributed by atoms with E-state index in [0.717, 1.165) is 29.4 Å². The predicted molar refractivity (Wildman–Crippen MR) is 107 cm³/mol. The molecule has 1 saturated heterocycles. The molecule has 2 aliphatic rings. The summed E-state index contributed by atoms with van der Waals surface area (Å²) in [5, 5.41) is 2.81. The fraction of sp³-hybridized carbons (Fsp3) is 0.450. The van der Waals surface area contributed by atoms with Crippen LogP contribution in [0.15, 0.2) is 30.7 Å². The average molecular weight is 399 g/mol. The van der Waals surface area contributed by atoms with E-state index in [1.165, 1.54) is 0 Å². The smallest absolute Gasteiger partial charge is 0.414 e. The van der Waals surface area contributed by atoms with Gasteiger partial charge in [-0.1, -0.05) is 0 Å². The van der Waals surface area contributed by atoms with Crippen LogP contribution in [0.5, 0.6) is 5.75 Å². The van der Waals surface area contributed by atoms with Crippen LogP contribution in [0.4, 0.5) is 16.2 Å². The van der Waals surface area contributed by atoms with E-state index in [1.54, 1.807) is 11.2 Å². The number of carbonyl (C=O) groups is 2. The van der Waals surface area contributed by atoms with E-state index in [2.05, 4.69) is 20.2 Å². The lowest BCUT2D eigenvalue weighted by Crippen LogP contribution is -2.37. The van der Waals surface area contributed by atoms with Crippen molar-refractivity contribution < 1.29 is 19.1 Å². The van der Waals surface area contributed by atoms with Gasteiger partial charge in [0.15, 0.2) is 0 Å². The lowest BCUT2D eigenvalue weighted by atomic mass is 10.2. The normalized spacial score (nSPS) is 18.0. The number of benzene rings is 1. The monoisotopic (exact) mass is 399 g/mol. The van der Waals surface area contributed by atoms with Crippen molar-refractivity contribution in [2.45, 2.75) is 32.4 Å². The van der Waals surface area contributed by atoms with Crippen molar-refractivity contribution in [3.05, 3.63) is 36.4 Å². The molecule has 0 radical (unpaired) electrons. The second-order valence-electron chi connectivity index (χ2n) is 7.11. The second kappa shape index (κ2) is 8.42. The van der Waals surface area contributed by atoms with Gasteiger partial charge < -0.3 is 24.7 Å². The van der Waals surface area contributed by atoms with Crippen LogP contribution in [0.2, 0.25) is 0 Å². The maximum Gasteiger partial charge on any atom is 0.414 e. The second-order valence-corrected chi connectivity index (χ2v) is 7.11. The number of carbonyl (C=O) groups excluding carboxylic acids is 2. The molecule has 9 nitrogen and oxygen atoms in total. The molecule has 0 spiro atoms. The summed E-state index contributed by atoms with van der Waals surface area (Å²) in [6, 6.07) is 5.59. The molecule has 0 aliphatic carbocycles. The minimum absolute atomic E-state index is 0.00471. The van der Waals surface area contributed by atoms with Gasteiger partial charge in [-0.3, -0.25) is 9.69 Å². The summed E-state index contributed by atoms with van der Waals surface area (Å²) in [6.45, 7) is 4.54. The lowest BCUT2D eigenvalue weighted by molar-refractivity contribution is -0.119. The largest absolute Gasteiger partial charge is 0.490 e. The third kappa shape index (κ3) is 4.28. The summed E-state index contributed by atoms with van der Waals surface area (Å²) >= 11 is 0. The Morgan fingerprint density at radius 1 is 1.45 bits per heavy atom. The number of anilines is 2. The molecule has 154 valence electrons. The topological polar surface area (TPSA) is 99.8 Å². The van der Waals surface area contributed by atoms with Crippen molar-refractivity contribution in [3.8, 4) is 5.75 Å². The van der Waals surface area contributed by atoms with Crippen molar-refractivity contribution >= 4 is 23.4 Å². The Balaban J connectivity index is 1.48. The molecule has 2 aromatic rings. The Labute approximate surface area is 169 Å². The highest BCUT2D eigenvalue weighted by molar-refractivity contribution is 5.89. The molecule has 3 heterocycles. The molecule has 2 aliphatic heterocycles. The molecule has 1 atom stereocenters. The van der Waals surface area contributed by atoms with Gasteiger partial charge in [-0.15, -0.1) is 0 Å². The minimum Gasteiger partial charge on any atom is -0.490 e. The number of aromatic nitrogens is 2. The van der Waals surface area contributed by atoms with Gasteiger partial charge in [-0.05, 0) is 31.5 Å². The number of H-pyrrole nitrogens is 1. The van der Waals surface area contributed by atoms with Crippen LogP contribution >= 0.6 is 0 Å². The highest BCUT2D eigenvalue weighted by Gasteiger charge is 2.25. The third-order valence-corrected chi connectivity index (χ3v) is 5.15. The number of hydrogen-bond acceptors (Lipinski definition) is 6. The van der Waals surface area contributed by atoms with E-state index in [9.17, 15) is 9.59 Å². The highest BCUT2D eigenvalue weighted by Crippen LogP contribution is 2.36. The molecule has 2 N–H and O–H groups in total. The van der Waals surface area contributed by atoms with Gasteiger partial charge in [-0.25, -0.2) is 9.78 Å². The van der Waals surface area contributed by atoms with Gasteiger partial charge >= 0.3 is 6.09 Å². The van der Waals surface area contributed by atoms with Crippen molar-refractivity contribution in [1.29, 1.82) is 0 Å². The zero-order valence-corrected chi connectivity index (χ0v) is 16.4. The van der Waals surface area contributed by atoms with Crippen LogP contribution in [0, 0.1) is 0 Å². The molecular weight excluding hydrogens is 374 g/mol. The molecule has 1 unspecified atom stereocenters. The SMILES string of the molecule is CCN(C(=O)OCC1CCC(=O)N1)c1ccc2c(c1)N(Cc1c[nH]cn1)CCO2. The maximum absolute atomic E-state index is 12.7. The lowest BCUT2D eigenvalue weighted by Gasteiger charge is -2.32. The number of hydrogen-bond donors (Lipinski definition) is 2. The summed E-state index contributed by atoms with van der Waals surface area (Å²) in [5.41, 5.74) is 2.60. The van der Waals surface area contributed by atoms with Crippen molar-refractivity contribution in [2.24, 2.45) is 0 Å². The standard InChI is InChI=1S/C20H25N5O4/c1-2-25(20(27)29-12-14-3-6-19(26)23-14)16-4-5-18-17(9-16)24(7-8-28-18)11-15-10-21-13-22-15/h4-5,9-10,13-14H,2-3,6-8,11-12H2,1H3,(H,21,22)(H,23,26). The van der Waals surface area contributed by atoms with E-state index >= 15 is 0 Å².